The van der Waals surface area contributed by atoms with E-state index in [1.165, 1.54) is 6.07 Å². The van der Waals surface area contributed by atoms with Crippen LogP contribution in [0.1, 0.15) is 16.7 Å². The summed E-state index contributed by atoms with van der Waals surface area (Å²) < 4.78 is 38.7. The lowest BCUT2D eigenvalue weighted by atomic mass is 10.1. The molecule has 2 nitrogen and oxygen atoms in total. The van der Waals surface area contributed by atoms with Gasteiger partial charge in [-0.3, -0.25) is 4.79 Å². The van der Waals surface area contributed by atoms with Gasteiger partial charge in [-0.2, -0.15) is 13.2 Å². The Balaban J connectivity index is 1.92. The summed E-state index contributed by atoms with van der Waals surface area (Å²) in [7, 11) is 0. The van der Waals surface area contributed by atoms with E-state index in [-0.39, 0.29) is 18.9 Å². The van der Waals surface area contributed by atoms with Crippen LogP contribution in [0, 0.1) is 0 Å². The van der Waals surface area contributed by atoms with Crippen molar-refractivity contribution in [1.29, 1.82) is 0 Å². The molecule has 116 valence electrons. The van der Waals surface area contributed by atoms with Crippen molar-refractivity contribution in [2.45, 2.75) is 19.1 Å². The van der Waals surface area contributed by atoms with E-state index in [1.54, 1.807) is 6.07 Å². The van der Waals surface area contributed by atoms with Crippen LogP contribution in [0.3, 0.4) is 0 Å². The number of carbonyl (C=O) groups excluding carboxylic acids is 1. The van der Waals surface area contributed by atoms with Crippen molar-refractivity contribution < 1.29 is 18.0 Å². The van der Waals surface area contributed by atoms with Gasteiger partial charge >= 0.3 is 6.18 Å². The first kappa shape index (κ1) is 16.5. The minimum absolute atomic E-state index is 0.0687. The van der Waals surface area contributed by atoms with Gasteiger partial charge in [-0.1, -0.05) is 40.2 Å². The lowest BCUT2D eigenvalue weighted by Crippen LogP contribution is -2.24. The number of alkyl halides is 3. The minimum Gasteiger partial charge on any atom is -0.352 e. The van der Waals surface area contributed by atoms with Crippen molar-refractivity contribution in [3.8, 4) is 0 Å². The summed E-state index contributed by atoms with van der Waals surface area (Å²) in [6, 6.07) is 12.2. The first-order valence-electron chi connectivity index (χ1n) is 6.52. The highest BCUT2D eigenvalue weighted by atomic mass is 79.9. The number of rotatable bonds is 4. The van der Waals surface area contributed by atoms with Crippen molar-refractivity contribution in [2.24, 2.45) is 0 Å². The van der Waals surface area contributed by atoms with Crippen molar-refractivity contribution >= 4 is 21.8 Å². The Morgan fingerprint density at radius 2 is 1.73 bits per heavy atom. The number of benzene rings is 2. The first-order chi connectivity index (χ1) is 10.3. The van der Waals surface area contributed by atoms with Gasteiger partial charge in [0.25, 0.3) is 0 Å². The fraction of sp³-hybridized carbons (Fsp3) is 0.188. The number of hydrogen-bond donors (Lipinski definition) is 1. The topological polar surface area (TPSA) is 29.1 Å². The van der Waals surface area contributed by atoms with Crippen molar-refractivity contribution in [2.75, 3.05) is 0 Å². The molecule has 0 aliphatic carbocycles. The smallest absolute Gasteiger partial charge is 0.352 e. The highest BCUT2D eigenvalue weighted by molar-refractivity contribution is 9.10. The number of nitrogens with one attached hydrogen (secondary N) is 1. The average molecular weight is 372 g/mol. The Morgan fingerprint density at radius 1 is 1.05 bits per heavy atom. The van der Waals surface area contributed by atoms with Crippen LogP contribution in [0.4, 0.5) is 13.2 Å². The number of halogens is 4. The van der Waals surface area contributed by atoms with Gasteiger partial charge in [0.2, 0.25) is 5.91 Å². The zero-order valence-electron chi connectivity index (χ0n) is 11.5. The van der Waals surface area contributed by atoms with Crippen molar-refractivity contribution in [3.63, 3.8) is 0 Å². The molecule has 2 aromatic rings. The van der Waals surface area contributed by atoms with Crippen LogP contribution in [0.25, 0.3) is 0 Å². The lowest BCUT2D eigenvalue weighted by molar-refractivity contribution is -0.137. The van der Waals surface area contributed by atoms with Crippen molar-refractivity contribution in [3.05, 3.63) is 69.7 Å². The fourth-order valence-electron chi connectivity index (χ4n) is 1.91. The quantitative estimate of drug-likeness (QED) is 0.851. The Kier molecular flexibility index (Phi) is 5.24. The Bertz CT molecular complexity index is 653. The molecule has 0 atom stereocenters. The van der Waals surface area contributed by atoms with Crippen LogP contribution >= 0.6 is 15.9 Å². The molecule has 2 aromatic carbocycles. The highest BCUT2D eigenvalue weighted by Gasteiger charge is 2.30. The van der Waals surface area contributed by atoms with E-state index in [1.807, 2.05) is 24.3 Å². The Morgan fingerprint density at radius 3 is 2.36 bits per heavy atom. The summed E-state index contributed by atoms with van der Waals surface area (Å²) >= 11 is 3.30. The fourth-order valence-corrected chi connectivity index (χ4v) is 2.17. The predicted octanol–water partition coefficient (Wildman–Crippen LogP) is 4.33. The molecular weight excluding hydrogens is 359 g/mol. The van der Waals surface area contributed by atoms with Gasteiger partial charge in [-0.15, -0.1) is 0 Å². The summed E-state index contributed by atoms with van der Waals surface area (Å²) in [4.78, 5) is 11.8. The van der Waals surface area contributed by atoms with Crippen LogP contribution in [0.15, 0.2) is 53.0 Å². The van der Waals surface area contributed by atoms with Gasteiger partial charge in [-0.05, 0) is 35.4 Å². The van der Waals surface area contributed by atoms with E-state index >= 15 is 0 Å². The molecule has 22 heavy (non-hydrogen) atoms. The summed E-state index contributed by atoms with van der Waals surface area (Å²) in [5.41, 5.74) is 0.538. The van der Waals surface area contributed by atoms with Crippen LogP contribution < -0.4 is 5.32 Å². The molecule has 0 aromatic heterocycles. The number of amides is 1. The zero-order chi connectivity index (χ0) is 16.2. The molecule has 0 bridgehead atoms. The standard InChI is InChI=1S/C16H13BrF3NO/c17-14-6-4-11(5-7-14)9-15(22)21-10-12-2-1-3-13(8-12)16(18,19)20/h1-8H,9-10H2,(H,21,22). The Hall–Kier alpha value is -1.82. The summed E-state index contributed by atoms with van der Waals surface area (Å²) in [5.74, 6) is -0.236. The van der Waals surface area contributed by atoms with Crippen LogP contribution in [0.2, 0.25) is 0 Å². The number of carbonyl (C=O) groups is 1. The summed E-state index contributed by atoms with van der Waals surface area (Å²) in [6.45, 7) is 0.0687. The molecule has 0 unspecified atom stereocenters. The third kappa shape index (κ3) is 4.87. The van der Waals surface area contributed by atoms with E-state index in [4.69, 9.17) is 0 Å². The molecule has 0 saturated carbocycles. The van der Waals surface area contributed by atoms with Gasteiger partial charge in [0.15, 0.2) is 0 Å². The maximum absolute atomic E-state index is 12.6. The second kappa shape index (κ2) is 6.96. The molecule has 0 fully saturated rings. The zero-order valence-corrected chi connectivity index (χ0v) is 13.0. The van der Waals surface area contributed by atoms with E-state index in [0.717, 1.165) is 22.2 Å². The molecule has 6 heteroatoms. The van der Waals surface area contributed by atoms with Crippen LogP contribution in [-0.4, -0.2) is 5.91 Å². The molecule has 0 aliphatic rings. The maximum Gasteiger partial charge on any atom is 0.416 e. The van der Waals surface area contributed by atoms with E-state index < -0.39 is 11.7 Å². The molecule has 0 saturated heterocycles. The highest BCUT2D eigenvalue weighted by Crippen LogP contribution is 2.29. The average Bonchev–Trinajstić information content (AvgIpc) is 2.47. The monoisotopic (exact) mass is 371 g/mol. The molecule has 0 spiro atoms. The molecule has 0 heterocycles. The second-order valence-electron chi connectivity index (χ2n) is 4.78. The second-order valence-corrected chi connectivity index (χ2v) is 5.69. The Labute approximate surface area is 134 Å². The molecule has 0 radical (unpaired) electrons. The lowest BCUT2D eigenvalue weighted by Gasteiger charge is -2.09. The van der Waals surface area contributed by atoms with Gasteiger partial charge in [0, 0.05) is 11.0 Å². The molecule has 0 aliphatic heterocycles. The molecular formula is C16H13BrF3NO. The molecule has 1 N–H and O–H groups in total. The van der Waals surface area contributed by atoms with Crippen LogP contribution in [0.5, 0.6) is 0 Å². The molecule has 1 amide bonds. The third-order valence-electron chi connectivity index (χ3n) is 3.02. The van der Waals surface area contributed by atoms with Gasteiger partial charge in [0.05, 0.1) is 12.0 Å². The van der Waals surface area contributed by atoms with E-state index in [0.29, 0.717) is 5.56 Å². The van der Waals surface area contributed by atoms with Crippen molar-refractivity contribution in [1.82, 2.24) is 5.32 Å². The number of hydrogen-bond acceptors (Lipinski definition) is 1. The first-order valence-corrected chi connectivity index (χ1v) is 7.31. The minimum atomic E-state index is -4.38. The largest absolute Gasteiger partial charge is 0.416 e. The predicted molar refractivity (Wildman–Crippen MR) is 81.1 cm³/mol. The van der Waals surface area contributed by atoms with Gasteiger partial charge < -0.3 is 5.32 Å². The van der Waals surface area contributed by atoms with Crippen LogP contribution in [-0.2, 0) is 23.9 Å². The SMILES string of the molecule is O=C(Cc1ccc(Br)cc1)NCc1cccc(C(F)(F)F)c1. The molecule has 2 rings (SSSR count). The van der Waals surface area contributed by atoms with Gasteiger partial charge in [0.1, 0.15) is 0 Å². The maximum atomic E-state index is 12.6. The van der Waals surface area contributed by atoms with E-state index in [2.05, 4.69) is 21.2 Å². The normalized spacial score (nSPS) is 11.3. The third-order valence-corrected chi connectivity index (χ3v) is 3.55. The van der Waals surface area contributed by atoms with Gasteiger partial charge in [-0.25, -0.2) is 0 Å². The summed E-state index contributed by atoms with van der Waals surface area (Å²) in [6.07, 6.45) is -4.19. The summed E-state index contributed by atoms with van der Waals surface area (Å²) in [5, 5.41) is 2.62. The van der Waals surface area contributed by atoms with E-state index in [9.17, 15) is 18.0 Å².